The van der Waals surface area contributed by atoms with Crippen molar-refractivity contribution in [3.63, 3.8) is 0 Å². The Hall–Kier alpha value is -2.81. The highest BCUT2D eigenvalue weighted by Gasteiger charge is 2.14. The van der Waals surface area contributed by atoms with Crippen molar-refractivity contribution in [2.45, 2.75) is 73.1 Å². The van der Waals surface area contributed by atoms with Crippen LogP contribution in [0.2, 0.25) is 0 Å². The van der Waals surface area contributed by atoms with Gasteiger partial charge in [0.1, 0.15) is 17.9 Å². The van der Waals surface area contributed by atoms with Crippen molar-refractivity contribution in [2.24, 2.45) is 5.92 Å². The fourth-order valence-electron chi connectivity index (χ4n) is 3.83. The number of ether oxygens (including phenoxy) is 1. The summed E-state index contributed by atoms with van der Waals surface area (Å²) in [4.78, 5) is 11.7. The van der Waals surface area contributed by atoms with E-state index < -0.39 is 0 Å². The van der Waals surface area contributed by atoms with Gasteiger partial charge in [-0.3, -0.25) is 0 Å². The fourth-order valence-corrected chi connectivity index (χ4v) is 3.83. The van der Waals surface area contributed by atoms with Crippen LogP contribution in [0.3, 0.4) is 0 Å². The van der Waals surface area contributed by atoms with Crippen LogP contribution in [-0.4, -0.2) is 6.61 Å². The number of hydrogen-bond acceptors (Lipinski definition) is 3. The van der Waals surface area contributed by atoms with E-state index in [4.69, 9.17) is 9.15 Å². The molecule has 0 atom stereocenters. The van der Waals surface area contributed by atoms with Gasteiger partial charge in [0.25, 0.3) is 0 Å². The van der Waals surface area contributed by atoms with Crippen molar-refractivity contribution in [1.29, 1.82) is 0 Å². The van der Waals surface area contributed by atoms with Crippen molar-refractivity contribution in [3.8, 4) is 5.75 Å². The quantitative estimate of drug-likeness (QED) is 0.378. The Labute approximate surface area is 198 Å². The lowest BCUT2D eigenvalue weighted by molar-refractivity contribution is 0.334. The van der Waals surface area contributed by atoms with E-state index in [-0.39, 0.29) is 11.5 Å². The number of rotatable bonds is 4. The average molecular weight is 447 g/mol. The van der Waals surface area contributed by atoms with Crippen LogP contribution in [0.5, 0.6) is 5.75 Å². The molecule has 4 rings (SSSR count). The van der Waals surface area contributed by atoms with E-state index in [0.29, 0.717) is 23.3 Å². The first-order chi connectivity index (χ1) is 15.6. The summed E-state index contributed by atoms with van der Waals surface area (Å²) in [7, 11) is 0. The molecule has 0 saturated heterocycles. The van der Waals surface area contributed by atoms with E-state index in [9.17, 15) is 4.79 Å². The molecule has 33 heavy (non-hydrogen) atoms. The zero-order chi connectivity index (χ0) is 24.3. The first kappa shape index (κ1) is 24.8. The maximum Gasteiger partial charge on any atom is 0.339 e. The molecule has 3 heteroatoms. The van der Waals surface area contributed by atoms with E-state index in [1.165, 1.54) is 22.3 Å². The lowest BCUT2D eigenvalue weighted by Crippen LogP contribution is -2.11. The molecule has 0 saturated carbocycles. The van der Waals surface area contributed by atoms with Gasteiger partial charge >= 0.3 is 5.63 Å². The van der Waals surface area contributed by atoms with Crippen LogP contribution in [0, 0.1) is 5.92 Å². The van der Waals surface area contributed by atoms with Gasteiger partial charge in [0.05, 0.1) is 0 Å². The van der Waals surface area contributed by atoms with E-state index in [1.807, 2.05) is 32.0 Å². The second kappa shape index (κ2) is 10.4. The molecule has 0 bridgehead atoms. The van der Waals surface area contributed by atoms with E-state index in [2.05, 4.69) is 71.9 Å². The van der Waals surface area contributed by atoms with Crippen LogP contribution < -0.4 is 10.4 Å². The minimum Gasteiger partial charge on any atom is -0.489 e. The number of fused-ring (bicyclic) bond motifs is 2. The largest absolute Gasteiger partial charge is 0.489 e. The Bertz CT molecular complexity index is 1190. The molecular weight excluding hydrogens is 408 g/mol. The third-order valence-corrected chi connectivity index (χ3v) is 6.25. The summed E-state index contributed by atoms with van der Waals surface area (Å²) < 4.78 is 11.1. The topological polar surface area (TPSA) is 39.4 Å². The van der Waals surface area contributed by atoms with Crippen LogP contribution in [-0.2, 0) is 0 Å². The molecule has 2 aromatic carbocycles. The molecule has 0 N–H and O–H groups in total. The normalized spacial score (nSPS) is 13.2. The summed E-state index contributed by atoms with van der Waals surface area (Å²) in [5.74, 6) is 2.83. The van der Waals surface area contributed by atoms with E-state index >= 15 is 0 Å². The third kappa shape index (κ3) is 5.96. The van der Waals surface area contributed by atoms with Crippen molar-refractivity contribution in [2.75, 3.05) is 6.61 Å². The molecule has 1 aliphatic heterocycles. The standard InChI is InChI=1S/C15H18O2.C15H20O/c1-9(2)11-5-6-14-12(7-11)8-13(10(3)4)15(16)17-14;1-10(2)12-5-6-15-13(7-12)8-14(9-16-15)11(3)4/h5-10H,1-4H3;5-8,10-11H,9H2,1-4H3. The molecule has 0 aliphatic carbocycles. The first-order valence-electron chi connectivity index (χ1n) is 12.1. The predicted octanol–water partition coefficient (Wildman–Crippen LogP) is 8.28. The zero-order valence-electron chi connectivity index (χ0n) is 21.4. The second-order valence-corrected chi connectivity index (χ2v) is 10.2. The van der Waals surface area contributed by atoms with Gasteiger partial charge in [-0.15, -0.1) is 0 Å². The summed E-state index contributed by atoms with van der Waals surface area (Å²) in [6.45, 7) is 17.9. The van der Waals surface area contributed by atoms with Gasteiger partial charge in [0, 0.05) is 16.5 Å². The van der Waals surface area contributed by atoms with Gasteiger partial charge in [-0.1, -0.05) is 67.5 Å². The summed E-state index contributed by atoms with van der Waals surface area (Å²) >= 11 is 0. The maximum absolute atomic E-state index is 11.7. The molecule has 0 radical (unpaired) electrons. The van der Waals surface area contributed by atoms with E-state index in [0.717, 1.165) is 23.3 Å². The summed E-state index contributed by atoms with van der Waals surface area (Å²) in [5.41, 5.74) is 6.46. The predicted molar refractivity (Wildman–Crippen MR) is 140 cm³/mol. The summed E-state index contributed by atoms with van der Waals surface area (Å²) in [5, 5.41) is 1.01. The Morgan fingerprint density at radius 1 is 0.727 bits per heavy atom. The molecular formula is C30H38O3. The number of benzene rings is 2. The van der Waals surface area contributed by atoms with Gasteiger partial charge in [0.2, 0.25) is 0 Å². The summed E-state index contributed by atoms with van der Waals surface area (Å²) in [6.07, 6.45) is 2.29. The molecule has 1 aromatic heterocycles. The number of hydrogen-bond donors (Lipinski definition) is 0. The molecule has 176 valence electrons. The van der Waals surface area contributed by atoms with Crippen molar-refractivity contribution < 1.29 is 9.15 Å². The smallest absolute Gasteiger partial charge is 0.339 e. The summed E-state index contributed by atoms with van der Waals surface area (Å²) in [6, 6.07) is 14.5. The first-order valence-corrected chi connectivity index (χ1v) is 12.1. The average Bonchev–Trinajstić information content (AvgIpc) is 2.77. The fraction of sp³-hybridized carbons (Fsp3) is 0.433. The van der Waals surface area contributed by atoms with Crippen molar-refractivity contribution in [1.82, 2.24) is 0 Å². The minimum absolute atomic E-state index is 0.193. The third-order valence-electron chi connectivity index (χ3n) is 6.25. The Morgan fingerprint density at radius 2 is 1.36 bits per heavy atom. The van der Waals surface area contributed by atoms with Crippen LogP contribution in [0.25, 0.3) is 17.0 Å². The van der Waals surface area contributed by atoms with Gasteiger partial charge in [-0.25, -0.2) is 4.79 Å². The van der Waals surface area contributed by atoms with E-state index in [1.54, 1.807) is 0 Å². The van der Waals surface area contributed by atoms with Gasteiger partial charge in [-0.05, 0) is 76.8 Å². The van der Waals surface area contributed by atoms with Crippen molar-refractivity contribution in [3.05, 3.63) is 80.7 Å². The molecule has 0 unspecified atom stereocenters. The molecule has 0 amide bonds. The highest BCUT2D eigenvalue weighted by Crippen LogP contribution is 2.31. The molecule has 2 heterocycles. The molecule has 3 nitrogen and oxygen atoms in total. The Kier molecular flexibility index (Phi) is 7.84. The van der Waals surface area contributed by atoms with Crippen LogP contribution in [0.1, 0.15) is 95.4 Å². The molecule has 0 fully saturated rings. The maximum atomic E-state index is 11.7. The molecule has 3 aromatic rings. The SMILES string of the molecule is CC(C)C1=Cc2cc(C(C)C)ccc2OC1.CC(C)c1ccc2oc(=O)c(C(C)C)cc2c1. The Morgan fingerprint density at radius 3 is 1.97 bits per heavy atom. The van der Waals surface area contributed by atoms with Gasteiger partial charge < -0.3 is 9.15 Å². The van der Waals surface area contributed by atoms with Crippen LogP contribution in [0.15, 0.2) is 57.2 Å². The highest BCUT2D eigenvalue weighted by molar-refractivity contribution is 5.78. The minimum atomic E-state index is -0.218. The second-order valence-electron chi connectivity index (χ2n) is 10.2. The van der Waals surface area contributed by atoms with Gasteiger partial charge in [0.15, 0.2) is 0 Å². The van der Waals surface area contributed by atoms with Gasteiger partial charge in [-0.2, -0.15) is 0 Å². The molecule has 0 spiro atoms. The zero-order valence-corrected chi connectivity index (χ0v) is 21.4. The Balaban J connectivity index is 0.000000186. The highest BCUT2D eigenvalue weighted by atomic mass is 16.5. The van der Waals surface area contributed by atoms with Crippen LogP contribution >= 0.6 is 0 Å². The van der Waals surface area contributed by atoms with Crippen LogP contribution in [0.4, 0.5) is 0 Å². The monoisotopic (exact) mass is 446 g/mol. The van der Waals surface area contributed by atoms with Crippen molar-refractivity contribution >= 4 is 17.0 Å². The lowest BCUT2D eigenvalue weighted by atomic mass is 9.95. The molecule has 1 aliphatic rings. The lowest BCUT2D eigenvalue weighted by Gasteiger charge is -2.21.